The number of esters is 2. The SMILES string of the molecule is CCCCCCCCCCCCCCCCC(=O)OC[C@H](CO)OC(=O)CCCCCCCCCCCCCCCCCCC(C)C. The Morgan fingerprint density at radius 3 is 1.13 bits per heavy atom. The summed E-state index contributed by atoms with van der Waals surface area (Å²) in [7, 11) is 0. The molecule has 0 heterocycles. The van der Waals surface area contributed by atoms with Gasteiger partial charge in [-0.2, -0.15) is 0 Å². The monoisotopic (exact) mass is 667 g/mol. The first kappa shape index (κ1) is 45.9. The molecule has 0 bridgehead atoms. The van der Waals surface area contributed by atoms with E-state index in [0.29, 0.717) is 12.8 Å². The normalized spacial score (nSPS) is 12.1. The molecule has 5 heteroatoms. The van der Waals surface area contributed by atoms with Gasteiger partial charge >= 0.3 is 11.9 Å². The Bertz CT molecular complexity index is 649. The standard InChI is InChI=1S/C42H82O5/c1-4-5-6-7-8-9-10-11-17-20-23-26-29-32-35-41(44)46-38-40(37-43)47-42(45)36-33-30-27-24-21-18-15-13-12-14-16-19-22-25-28-31-34-39(2)3/h39-40,43H,4-38H2,1-3H3/t40-/m0/s1. The zero-order valence-electron chi connectivity index (χ0n) is 32.0. The van der Waals surface area contributed by atoms with Gasteiger partial charge in [0.05, 0.1) is 6.61 Å². The average molecular weight is 667 g/mol. The highest BCUT2D eigenvalue weighted by molar-refractivity contribution is 5.70. The van der Waals surface area contributed by atoms with Gasteiger partial charge in [0, 0.05) is 12.8 Å². The van der Waals surface area contributed by atoms with E-state index in [9.17, 15) is 14.7 Å². The minimum atomic E-state index is -0.762. The average Bonchev–Trinajstić information content (AvgIpc) is 3.06. The minimum Gasteiger partial charge on any atom is -0.462 e. The highest BCUT2D eigenvalue weighted by Crippen LogP contribution is 2.16. The Morgan fingerprint density at radius 2 is 0.787 bits per heavy atom. The van der Waals surface area contributed by atoms with Gasteiger partial charge < -0.3 is 14.6 Å². The Labute approximate surface area is 293 Å². The molecule has 0 saturated heterocycles. The van der Waals surface area contributed by atoms with Crippen LogP contribution < -0.4 is 0 Å². The van der Waals surface area contributed by atoms with Crippen LogP contribution >= 0.6 is 0 Å². The van der Waals surface area contributed by atoms with Crippen LogP contribution in [0.3, 0.4) is 0 Å². The topological polar surface area (TPSA) is 72.8 Å². The summed E-state index contributed by atoms with van der Waals surface area (Å²) in [5, 5.41) is 9.56. The van der Waals surface area contributed by atoms with Gasteiger partial charge in [0.15, 0.2) is 6.10 Å². The van der Waals surface area contributed by atoms with Gasteiger partial charge in [-0.3, -0.25) is 9.59 Å². The fraction of sp³-hybridized carbons (Fsp3) is 0.952. The molecule has 0 spiro atoms. The first-order valence-electron chi connectivity index (χ1n) is 21.0. The molecule has 0 radical (unpaired) electrons. The van der Waals surface area contributed by atoms with Crippen molar-refractivity contribution in [3.8, 4) is 0 Å². The lowest BCUT2D eigenvalue weighted by Gasteiger charge is -2.15. The lowest BCUT2D eigenvalue weighted by atomic mass is 10.0. The summed E-state index contributed by atoms with van der Waals surface area (Å²) in [5.41, 5.74) is 0. The molecule has 0 aliphatic heterocycles. The van der Waals surface area contributed by atoms with E-state index in [2.05, 4.69) is 20.8 Å². The fourth-order valence-electron chi connectivity index (χ4n) is 6.39. The summed E-state index contributed by atoms with van der Waals surface area (Å²) in [5.74, 6) is 0.284. The predicted molar refractivity (Wildman–Crippen MR) is 201 cm³/mol. The number of carbonyl (C=O) groups excluding carboxylic acids is 2. The molecule has 0 unspecified atom stereocenters. The molecule has 1 atom stereocenters. The van der Waals surface area contributed by atoms with Gasteiger partial charge in [0.2, 0.25) is 0 Å². The van der Waals surface area contributed by atoms with Gasteiger partial charge in [-0.1, -0.05) is 207 Å². The Kier molecular flexibility index (Phi) is 36.8. The molecule has 0 aromatic carbocycles. The summed E-state index contributed by atoms with van der Waals surface area (Å²) in [6.45, 7) is 6.53. The van der Waals surface area contributed by atoms with E-state index in [0.717, 1.165) is 38.0 Å². The number of ether oxygens (including phenoxy) is 2. The number of carbonyl (C=O) groups is 2. The summed E-state index contributed by atoms with van der Waals surface area (Å²) in [6, 6.07) is 0. The first-order chi connectivity index (χ1) is 23.0. The molecule has 0 aromatic heterocycles. The number of aliphatic hydroxyl groups is 1. The van der Waals surface area contributed by atoms with Crippen LogP contribution in [0.2, 0.25) is 0 Å². The van der Waals surface area contributed by atoms with E-state index in [1.54, 1.807) is 0 Å². The van der Waals surface area contributed by atoms with E-state index < -0.39 is 6.10 Å². The predicted octanol–water partition coefficient (Wildman–Crippen LogP) is 13.0. The van der Waals surface area contributed by atoms with Gasteiger partial charge in [-0.15, -0.1) is 0 Å². The lowest BCUT2D eigenvalue weighted by molar-refractivity contribution is -0.161. The Morgan fingerprint density at radius 1 is 0.468 bits per heavy atom. The van der Waals surface area contributed by atoms with Crippen molar-refractivity contribution in [2.75, 3.05) is 13.2 Å². The van der Waals surface area contributed by atoms with E-state index >= 15 is 0 Å². The van der Waals surface area contributed by atoms with Crippen molar-refractivity contribution in [1.82, 2.24) is 0 Å². The third-order valence-electron chi connectivity index (χ3n) is 9.58. The molecular weight excluding hydrogens is 584 g/mol. The summed E-state index contributed by atoms with van der Waals surface area (Å²) >= 11 is 0. The van der Waals surface area contributed by atoms with Crippen molar-refractivity contribution in [1.29, 1.82) is 0 Å². The van der Waals surface area contributed by atoms with Crippen LogP contribution in [0.4, 0.5) is 0 Å². The molecule has 0 aromatic rings. The van der Waals surface area contributed by atoms with E-state index in [-0.39, 0.29) is 25.2 Å². The molecule has 0 saturated carbocycles. The molecule has 0 rings (SSSR count). The number of rotatable bonds is 38. The largest absolute Gasteiger partial charge is 0.462 e. The molecule has 5 nitrogen and oxygen atoms in total. The Balaban J connectivity index is 3.47. The van der Waals surface area contributed by atoms with Crippen molar-refractivity contribution >= 4 is 11.9 Å². The second-order valence-electron chi connectivity index (χ2n) is 14.9. The smallest absolute Gasteiger partial charge is 0.306 e. The molecular formula is C42H82O5. The molecule has 0 amide bonds. The molecule has 280 valence electrons. The summed E-state index contributed by atoms with van der Waals surface area (Å²) < 4.78 is 10.6. The van der Waals surface area contributed by atoms with Crippen molar-refractivity contribution in [3.63, 3.8) is 0 Å². The quantitative estimate of drug-likeness (QED) is 0.0524. The number of unbranched alkanes of at least 4 members (excludes halogenated alkanes) is 28. The number of hydrogen-bond donors (Lipinski definition) is 1. The lowest BCUT2D eigenvalue weighted by Crippen LogP contribution is -2.28. The van der Waals surface area contributed by atoms with E-state index in [1.165, 1.54) is 167 Å². The third-order valence-corrected chi connectivity index (χ3v) is 9.58. The zero-order valence-corrected chi connectivity index (χ0v) is 32.0. The maximum atomic E-state index is 12.2. The van der Waals surface area contributed by atoms with Crippen LogP contribution in [0.25, 0.3) is 0 Å². The van der Waals surface area contributed by atoms with E-state index in [1.807, 2.05) is 0 Å². The minimum absolute atomic E-state index is 0.0573. The number of hydrogen-bond acceptors (Lipinski definition) is 5. The van der Waals surface area contributed by atoms with Crippen LogP contribution in [0.5, 0.6) is 0 Å². The van der Waals surface area contributed by atoms with Crippen molar-refractivity contribution < 1.29 is 24.2 Å². The first-order valence-corrected chi connectivity index (χ1v) is 21.0. The van der Waals surface area contributed by atoms with Crippen LogP contribution in [-0.4, -0.2) is 36.4 Å². The van der Waals surface area contributed by atoms with Gasteiger partial charge in [-0.05, 0) is 18.8 Å². The molecule has 0 aliphatic rings. The second kappa shape index (κ2) is 37.7. The van der Waals surface area contributed by atoms with Crippen molar-refractivity contribution in [3.05, 3.63) is 0 Å². The zero-order chi connectivity index (χ0) is 34.5. The van der Waals surface area contributed by atoms with Gasteiger partial charge in [0.1, 0.15) is 6.61 Å². The van der Waals surface area contributed by atoms with Crippen LogP contribution in [0.1, 0.15) is 233 Å². The fourth-order valence-corrected chi connectivity index (χ4v) is 6.39. The molecule has 1 N–H and O–H groups in total. The van der Waals surface area contributed by atoms with Crippen molar-refractivity contribution in [2.45, 2.75) is 239 Å². The van der Waals surface area contributed by atoms with Crippen LogP contribution in [0, 0.1) is 5.92 Å². The van der Waals surface area contributed by atoms with E-state index in [4.69, 9.17) is 9.47 Å². The molecule has 0 fully saturated rings. The van der Waals surface area contributed by atoms with Crippen LogP contribution in [-0.2, 0) is 19.1 Å². The Hall–Kier alpha value is -1.10. The van der Waals surface area contributed by atoms with Gasteiger partial charge in [-0.25, -0.2) is 0 Å². The van der Waals surface area contributed by atoms with Gasteiger partial charge in [0.25, 0.3) is 0 Å². The third kappa shape index (κ3) is 37.6. The summed E-state index contributed by atoms with van der Waals surface area (Å²) in [4.78, 5) is 24.3. The van der Waals surface area contributed by atoms with Crippen LogP contribution in [0.15, 0.2) is 0 Å². The maximum Gasteiger partial charge on any atom is 0.306 e. The molecule has 0 aliphatic carbocycles. The highest BCUT2D eigenvalue weighted by atomic mass is 16.6. The van der Waals surface area contributed by atoms with Crippen molar-refractivity contribution in [2.24, 2.45) is 5.92 Å². The maximum absolute atomic E-state index is 12.2. The highest BCUT2D eigenvalue weighted by Gasteiger charge is 2.16. The summed E-state index contributed by atoms with van der Waals surface area (Å²) in [6.07, 6.45) is 40.2. The number of aliphatic hydroxyl groups excluding tert-OH is 1. The molecule has 47 heavy (non-hydrogen) atoms. The second-order valence-corrected chi connectivity index (χ2v) is 14.9.